The third-order valence-corrected chi connectivity index (χ3v) is 4.82. The summed E-state index contributed by atoms with van der Waals surface area (Å²) in [4.78, 5) is 18.4. The van der Waals surface area contributed by atoms with Crippen LogP contribution in [-0.4, -0.2) is 65.3 Å². The second kappa shape index (κ2) is 12.4. The Hall–Kier alpha value is -3.42. The Bertz CT molecular complexity index is 928. The maximum Gasteiger partial charge on any atom is 0.253 e. The van der Waals surface area contributed by atoms with Gasteiger partial charge in [-0.15, -0.1) is 0 Å². The van der Waals surface area contributed by atoms with Gasteiger partial charge in [0.2, 0.25) is 5.75 Å². The number of amides is 1. The van der Waals surface area contributed by atoms with Crippen LogP contribution in [0, 0.1) is 0 Å². The van der Waals surface area contributed by atoms with Crippen LogP contribution in [0.15, 0.2) is 41.4 Å². The van der Waals surface area contributed by atoms with Gasteiger partial charge in [0.1, 0.15) is 0 Å². The zero-order valence-electron chi connectivity index (χ0n) is 19.8. The molecule has 0 spiro atoms. The van der Waals surface area contributed by atoms with E-state index in [9.17, 15) is 4.79 Å². The molecule has 0 saturated carbocycles. The molecule has 2 aromatic rings. The number of rotatable bonds is 10. The van der Waals surface area contributed by atoms with Gasteiger partial charge in [0.15, 0.2) is 17.5 Å². The van der Waals surface area contributed by atoms with E-state index in [-0.39, 0.29) is 5.91 Å². The molecule has 0 bridgehead atoms. The number of aliphatic imine (C=N–C) groups is 1. The van der Waals surface area contributed by atoms with E-state index in [1.807, 2.05) is 43.3 Å². The number of guanidine groups is 1. The summed E-state index contributed by atoms with van der Waals surface area (Å²) in [5.41, 5.74) is 2.66. The predicted octanol–water partition coefficient (Wildman–Crippen LogP) is 2.71. The summed E-state index contributed by atoms with van der Waals surface area (Å²) in [7, 11) is 8.28. The van der Waals surface area contributed by atoms with Crippen LogP contribution in [0.2, 0.25) is 0 Å². The third-order valence-electron chi connectivity index (χ3n) is 4.82. The second-order valence-corrected chi connectivity index (χ2v) is 7.27. The minimum absolute atomic E-state index is 0.00132. The van der Waals surface area contributed by atoms with Gasteiger partial charge in [-0.2, -0.15) is 0 Å². The van der Waals surface area contributed by atoms with E-state index < -0.39 is 0 Å². The minimum Gasteiger partial charge on any atom is -0.493 e. The lowest BCUT2D eigenvalue weighted by Gasteiger charge is -2.16. The number of nitrogens with one attached hydrogen (secondary N) is 2. The fourth-order valence-electron chi connectivity index (χ4n) is 3.24. The normalized spacial score (nSPS) is 11.0. The first-order valence-electron chi connectivity index (χ1n) is 10.6. The molecule has 0 saturated heterocycles. The molecule has 0 atom stereocenters. The van der Waals surface area contributed by atoms with Crippen LogP contribution in [0.3, 0.4) is 0 Å². The van der Waals surface area contributed by atoms with Crippen molar-refractivity contribution in [3.63, 3.8) is 0 Å². The van der Waals surface area contributed by atoms with Gasteiger partial charge in [0.05, 0.1) is 27.9 Å². The average Bonchev–Trinajstić information content (AvgIpc) is 2.81. The molecule has 0 unspecified atom stereocenters. The Morgan fingerprint density at radius 1 is 1.00 bits per heavy atom. The van der Waals surface area contributed by atoms with Gasteiger partial charge in [-0.05, 0) is 43.2 Å². The molecule has 0 radical (unpaired) electrons. The number of benzene rings is 2. The van der Waals surface area contributed by atoms with Gasteiger partial charge in [0, 0.05) is 38.3 Å². The van der Waals surface area contributed by atoms with Crippen molar-refractivity contribution in [3.8, 4) is 17.2 Å². The van der Waals surface area contributed by atoms with Crippen LogP contribution in [0.4, 0.5) is 0 Å². The summed E-state index contributed by atoms with van der Waals surface area (Å²) in [6.07, 6.45) is 0.763. The Morgan fingerprint density at radius 3 is 2.38 bits per heavy atom. The van der Waals surface area contributed by atoms with Crippen LogP contribution in [0.1, 0.15) is 28.4 Å². The SMILES string of the molecule is CCNC(=NCc1ccc(OC)c(OC)c1OC)NCCc1cccc(C(=O)N(C)C)c1. The summed E-state index contributed by atoms with van der Waals surface area (Å²) in [6, 6.07) is 11.5. The summed E-state index contributed by atoms with van der Waals surface area (Å²) in [5, 5.41) is 6.60. The first-order valence-corrected chi connectivity index (χ1v) is 10.6. The molecule has 0 aromatic heterocycles. The lowest BCUT2D eigenvalue weighted by molar-refractivity contribution is 0.0827. The van der Waals surface area contributed by atoms with Crippen molar-refractivity contribution in [2.24, 2.45) is 4.99 Å². The van der Waals surface area contributed by atoms with Gasteiger partial charge in [0.25, 0.3) is 5.91 Å². The molecule has 0 aliphatic heterocycles. The molecular weight excluding hydrogens is 408 g/mol. The highest BCUT2D eigenvalue weighted by molar-refractivity contribution is 5.94. The van der Waals surface area contributed by atoms with Crippen LogP contribution in [0.25, 0.3) is 0 Å². The molecule has 2 N–H and O–H groups in total. The molecular formula is C24H34N4O4. The Morgan fingerprint density at radius 2 is 1.75 bits per heavy atom. The maximum absolute atomic E-state index is 12.2. The number of ether oxygens (including phenoxy) is 3. The smallest absolute Gasteiger partial charge is 0.253 e. The highest BCUT2D eigenvalue weighted by atomic mass is 16.5. The average molecular weight is 443 g/mol. The van der Waals surface area contributed by atoms with Gasteiger partial charge < -0.3 is 29.7 Å². The summed E-state index contributed by atoms with van der Waals surface area (Å²) >= 11 is 0. The standard InChI is InChI=1S/C24H34N4O4/c1-7-25-24(26-14-13-17-9-8-10-18(15-17)23(29)28(2)3)27-16-19-11-12-20(30-4)22(32-6)21(19)31-5/h8-12,15H,7,13-14,16H2,1-6H3,(H2,25,26,27). The van der Waals surface area contributed by atoms with Crippen LogP contribution < -0.4 is 24.8 Å². The minimum atomic E-state index is -0.00132. The number of nitrogens with zero attached hydrogens (tertiary/aromatic N) is 2. The quantitative estimate of drug-likeness (QED) is 0.435. The fraction of sp³-hybridized carbons (Fsp3) is 0.417. The second-order valence-electron chi connectivity index (χ2n) is 7.27. The number of carbonyl (C=O) groups is 1. The number of hydrogen-bond acceptors (Lipinski definition) is 5. The van der Waals surface area contributed by atoms with Gasteiger partial charge in [-0.3, -0.25) is 4.79 Å². The molecule has 32 heavy (non-hydrogen) atoms. The van der Waals surface area contributed by atoms with Crippen LogP contribution in [0.5, 0.6) is 17.2 Å². The summed E-state index contributed by atoms with van der Waals surface area (Å²) < 4.78 is 16.3. The lowest BCUT2D eigenvalue weighted by Crippen LogP contribution is -2.38. The largest absolute Gasteiger partial charge is 0.493 e. The van der Waals surface area contributed by atoms with Crippen molar-refractivity contribution in [1.29, 1.82) is 0 Å². The zero-order valence-corrected chi connectivity index (χ0v) is 19.8. The van der Waals surface area contributed by atoms with E-state index in [1.54, 1.807) is 40.3 Å². The molecule has 0 aliphatic rings. The topological polar surface area (TPSA) is 84.4 Å². The van der Waals surface area contributed by atoms with Gasteiger partial charge in [-0.25, -0.2) is 4.99 Å². The van der Waals surface area contributed by atoms with Crippen molar-refractivity contribution in [2.45, 2.75) is 19.9 Å². The molecule has 8 nitrogen and oxygen atoms in total. The van der Waals surface area contributed by atoms with E-state index in [4.69, 9.17) is 14.2 Å². The molecule has 174 valence electrons. The van der Waals surface area contributed by atoms with Gasteiger partial charge >= 0.3 is 0 Å². The van der Waals surface area contributed by atoms with E-state index in [0.29, 0.717) is 41.9 Å². The molecule has 0 fully saturated rings. The molecule has 1 amide bonds. The Kier molecular flexibility index (Phi) is 9.66. The first-order chi connectivity index (χ1) is 15.4. The van der Waals surface area contributed by atoms with Gasteiger partial charge in [-0.1, -0.05) is 12.1 Å². The monoisotopic (exact) mass is 442 g/mol. The number of methoxy groups -OCH3 is 3. The van der Waals surface area contributed by atoms with Crippen LogP contribution in [-0.2, 0) is 13.0 Å². The number of hydrogen-bond donors (Lipinski definition) is 2. The Labute approximate surface area is 190 Å². The number of carbonyl (C=O) groups excluding carboxylic acids is 1. The summed E-state index contributed by atoms with van der Waals surface area (Å²) in [6.45, 7) is 3.84. The van der Waals surface area contributed by atoms with E-state index in [1.165, 1.54) is 0 Å². The molecule has 0 heterocycles. The maximum atomic E-state index is 12.2. The molecule has 2 aromatic carbocycles. The lowest BCUT2D eigenvalue weighted by atomic mass is 10.1. The molecule has 8 heteroatoms. The summed E-state index contributed by atoms with van der Waals surface area (Å²) in [5.74, 6) is 2.46. The van der Waals surface area contributed by atoms with Crippen molar-refractivity contribution in [2.75, 3.05) is 48.5 Å². The fourth-order valence-corrected chi connectivity index (χ4v) is 3.24. The van der Waals surface area contributed by atoms with Crippen molar-refractivity contribution in [1.82, 2.24) is 15.5 Å². The van der Waals surface area contributed by atoms with Crippen molar-refractivity contribution in [3.05, 3.63) is 53.1 Å². The van der Waals surface area contributed by atoms with Crippen LogP contribution >= 0.6 is 0 Å². The van der Waals surface area contributed by atoms with Crippen molar-refractivity contribution >= 4 is 11.9 Å². The Balaban J connectivity index is 2.07. The van der Waals surface area contributed by atoms with E-state index >= 15 is 0 Å². The van der Waals surface area contributed by atoms with Crippen molar-refractivity contribution < 1.29 is 19.0 Å². The highest BCUT2D eigenvalue weighted by Gasteiger charge is 2.15. The van der Waals surface area contributed by atoms with E-state index in [0.717, 1.165) is 24.1 Å². The van der Waals surface area contributed by atoms with E-state index in [2.05, 4.69) is 15.6 Å². The third kappa shape index (κ3) is 6.54. The molecule has 0 aliphatic carbocycles. The first kappa shape index (κ1) is 24.8. The molecule has 2 rings (SSSR count). The predicted molar refractivity (Wildman–Crippen MR) is 127 cm³/mol. The zero-order chi connectivity index (χ0) is 23.5. The highest BCUT2D eigenvalue weighted by Crippen LogP contribution is 2.39.